The van der Waals surface area contributed by atoms with Gasteiger partial charge in [-0.1, -0.05) is 34.1 Å². The predicted octanol–water partition coefficient (Wildman–Crippen LogP) is 1.31. The van der Waals surface area contributed by atoms with Crippen LogP contribution in [0.25, 0.3) is 11.4 Å². The fourth-order valence-electron chi connectivity index (χ4n) is 5.16. The number of aromatic nitrogens is 4. The van der Waals surface area contributed by atoms with Crippen LogP contribution in [-0.4, -0.2) is 76.5 Å². The SMILES string of the molecule is Cc1[nH]n(-c2ccc(S(=O)(=O)O)cc2)c(=O)c1N=Nc1cc(Cl)cc(S(=O)(=O)O)c1[O-].Cc1[nH]n(-c2ccc(S(=[OH+])(=[OH+])[OH2+])cc2)c(=O)c1[NH+]=Nc1cc(Cl)cc(S(=O)(=O)[OH2+])c1[OH2+].[Cr]. The minimum absolute atomic E-state index is 0. The van der Waals surface area contributed by atoms with E-state index in [4.69, 9.17) is 46.5 Å². The fourth-order valence-corrected chi connectivity index (χ4v) is 7.98. The molecule has 0 spiro atoms. The van der Waals surface area contributed by atoms with Crippen LogP contribution in [0.3, 0.4) is 0 Å². The van der Waals surface area contributed by atoms with E-state index in [2.05, 4.69) is 30.7 Å². The largest absolute Gasteiger partial charge is 0.870 e. The number of benzene rings is 4. The summed E-state index contributed by atoms with van der Waals surface area (Å²) in [7, 11) is -17.4. The van der Waals surface area contributed by atoms with Crippen molar-refractivity contribution in [2.45, 2.75) is 33.4 Å². The van der Waals surface area contributed by atoms with Crippen LogP contribution in [0.1, 0.15) is 11.4 Å². The summed E-state index contributed by atoms with van der Waals surface area (Å²) in [6.45, 7) is 3.04. The number of hydrogen-bond donors (Lipinski definition) is 5. The number of aromatic amines is 2. The summed E-state index contributed by atoms with van der Waals surface area (Å²) in [5, 5.41) is 39.0. The van der Waals surface area contributed by atoms with Crippen LogP contribution in [0, 0.1) is 13.8 Å². The average Bonchev–Trinajstić information content (AvgIpc) is 3.62. The minimum atomic E-state index is -4.86. The zero-order valence-corrected chi connectivity index (χ0v) is 37.5. The molecule has 0 aliphatic heterocycles. The first-order chi connectivity index (χ1) is 28.6. The Morgan fingerprint density at radius 1 is 0.714 bits per heavy atom. The summed E-state index contributed by atoms with van der Waals surface area (Å²) in [4.78, 5) is 23.4. The molecule has 0 aliphatic carbocycles. The van der Waals surface area contributed by atoms with Gasteiger partial charge in [-0.05, 0) is 86.6 Å². The zero-order valence-electron chi connectivity index (χ0n) is 31.4. The van der Waals surface area contributed by atoms with E-state index in [1.54, 1.807) is 6.92 Å². The van der Waals surface area contributed by atoms with Crippen molar-refractivity contribution in [2.75, 3.05) is 0 Å². The van der Waals surface area contributed by atoms with Crippen molar-refractivity contribution in [1.82, 2.24) is 19.6 Å². The van der Waals surface area contributed by atoms with Crippen molar-refractivity contribution in [3.05, 3.63) is 115 Å². The standard InChI is InChI=1S/2C16H13ClN4O8S2.Cr/c2*1-8-14(19-18-12-6-9(17)7-13(15(12)22)31(27,28)29)16(23)21(20-8)10-2-4-11(5-3-10)30(24,25)26;/h2*2-7,20,22H,1H3,(H,24,25,26)(H,27,28,29);/p+5. The van der Waals surface area contributed by atoms with E-state index < -0.39 is 78.6 Å². The van der Waals surface area contributed by atoms with Crippen LogP contribution in [0.2, 0.25) is 10.0 Å². The van der Waals surface area contributed by atoms with E-state index >= 15 is 0 Å². The molecule has 0 fully saturated rings. The maximum Gasteiger partial charge on any atom is 0.683 e. The van der Waals surface area contributed by atoms with Gasteiger partial charge < -0.3 is 14.8 Å². The number of halogens is 2. The van der Waals surface area contributed by atoms with E-state index in [1.807, 2.05) is 0 Å². The second-order valence-electron chi connectivity index (χ2n) is 12.4. The van der Waals surface area contributed by atoms with Gasteiger partial charge in [-0.3, -0.25) is 28.9 Å². The summed E-state index contributed by atoms with van der Waals surface area (Å²) < 4.78 is 121. The number of nitrogens with zero attached hydrogens (tertiary/aromatic N) is 5. The number of hydrogen-bond acceptors (Lipinski definition) is 12. The molecule has 0 saturated carbocycles. The van der Waals surface area contributed by atoms with Crippen LogP contribution < -0.4 is 21.3 Å². The summed E-state index contributed by atoms with van der Waals surface area (Å²) in [6, 6.07) is 14.1. The molecule has 6 rings (SSSR count). The summed E-state index contributed by atoms with van der Waals surface area (Å²) >= 11 is 11.6. The molecule has 0 unspecified atom stereocenters. The van der Waals surface area contributed by atoms with Gasteiger partial charge in [-0.2, -0.15) is 21.9 Å². The van der Waals surface area contributed by atoms with Crippen LogP contribution in [-0.2, 0) is 57.8 Å². The molecule has 24 nitrogen and oxygen atoms in total. The maximum absolute atomic E-state index is 12.8. The van der Waals surface area contributed by atoms with Crippen LogP contribution in [0.15, 0.2) is 117 Å². The molecule has 0 aliphatic rings. The van der Waals surface area contributed by atoms with Gasteiger partial charge in [0.25, 0.3) is 30.7 Å². The third kappa shape index (κ3) is 11.5. The van der Waals surface area contributed by atoms with Crippen molar-refractivity contribution >= 4 is 86.4 Å². The van der Waals surface area contributed by atoms with Gasteiger partial charge in [0, 0.05) is 32.5 Å². The Labute approximate surface area is 374 Å². The molecule has 13 N–H and O–H groups in total. The maximum atomic E-state index is 12.8. The van der Waals surface area contributed by atoms with E-state index in [-0.39, 0.29) is 65.6 Å². The second-order valence-corrected chi connectivity index (χ2v) is 19.1. The number of H-pyrrole nitrogens is 2. The Balaban J connectivity index is 0.000000272. The number of azo groups is 2. The van der Waals surface area contributed by atoms with Gasteiger partial charge >= 0.3 is 37.2 Å². The Morgan fingerprint density at radius 2 is 1.19 bits per heavy atom. The molecule has 2 heterocycles. The minimum Gasteiger partial charge on any atom is -0.870 e. The van der Waals surface area contributed by atoms with Crippen molar-refractivity contribution in [2.24, 2.45) is 15.3 Å². The Morgan fingerprint density at radius 3 is 1.68 bits per heavy atom. The zero-order chi connectivity index (χ0) is 46.3. The molecule has 0 bridgehead atoms. The van der Waals surface area contributed by atoms with Gasteiger partial charge in [0.1, 0.15) is 5.69 Å². The molecule has 2 aromatic heterocycles. The molecule has 31 heteroatoms. The van der Waals surface area contributed by atoms with Gasteiger partial charge in [-0.25, -0.2) is 13.9 Å². The Hall–Kier alpha value is -5.55. The molecule has 0 radical (unpaired) electrons. The predicted molar refractivity (Wildman–Crippen MR) is 218 cm³/mol. The molecule has 0 amide bonds. The van der Waals surface area contributed by atoms with Gasteiger partial charge in [0.15, 0.2) is 5.69 Å². The van der Waals surface area contributed by atoms with Crippen molar-refractivity contribution in [1.29, 1.82) is 0 Å². The Bertz CT molecular complexity index is 3180. The van der Waals surface area contributed by atoms with E-state index in [0.717, 1.165) is 39.7 Å². The Kier molecular flexibility index (Phi) is 14.8. The smallest absolute Gasteiger partial charge is 0.683 e. The van der Waals surface area contributed by atoms with Crippen LogP contribution >= 0.6 is 23.2 Å². The van der Waals surface area contributed by atoms with Crippen LogP contribution in [0.5, 0.6) is 11.5 Å². The monoisotopic (exact) mass is 1030 g/mol. The molecule has 334 valence electrons. The first-order valence-corrected chi connectivity index (χ1v) is 23.0. The molecule has 0 saturated heterocycles. The molecule has 63 heavy (non-hydrogen) atoms. The summed E-state index contributed by atoms with van der Waals surface area (Å²) in [6.07, 6.45) is 0. The molecule has 6 aromatic rings. The quantitative estimate of drug-likeness (QED) is 0.0740. The number of aryl methyl sites for hydroxylation is 2. The van der Waals surface area contributed by atoms with Gasteiger partial charge in [0.2, 0.25) is 10.6 Å². The van der Waals surface area contributed by atoms with Gasteiger partial charge in [0.05, 0.1) is 32.5 Å². The average molecular weight is 1030 g/mol. The van der Waals surface area contributed by atoms with E-state index in [0.29, 0.717) is 11.4 Å². The normalized spacial score (nSPS) is 12.3. The molecule has 0 atom stereocenters. The molecule has 4 aromatic carbocycles. The summed E-state index contributed by atoms with van der Waals surface area (Å²) in [5.41, 5.74) is -1.07. The van der Waals surface area contributed by atoms with Gasteiger partial charge in [-0.15, -0.1) is 21.9 Å². The van der Waals surface area contributed by atoms with E-state index in [1.165, 1.54) is 49.4 Å². The van der Waals surface area contributed by atoms with Crippen LogP contribution in [0.4, 0.5) is 22.7 Å². The number of nitrogens with one attached hydrogen (secondary N) is 3. The molecular weight excluding hydrogens is 1000 g/mol. The van der Waals surface area contributed by atoms with Crippen molar-refractivity contribution in [3.63, 3.8) is 0 Å². The summed E-state index contributed by atoms with van der Waals surface area (Å²) in [5.74, 6) is -1.71. The van der Waals surface area contributed by atoms with Crippen molar-refractivity contribution in [3.8, 4) is 22.9 Å². The topological polar surface area (TPSA) is 404 Å². The van der Waals surface area contributed by atoms with E-state index in [9.17, 15) is 48.4 Å². The molecular formula is C32H31Cl2CrN8O16S4+5. The first-order valence-electron chi connectivity index (χ1n) is 16.3. The third-order valence-electron chi connectivity index (χ3n) is 8.09. The third-order valence-corrected chi connectivity index (χ3v) is 12.1. The first kappa shape index (κ1) is 50.1. The van der Waals surface area contributed by atoms with Crippen molar-refractivity contribution < 1.29 is 84.6 Å². The fraction of sp³-hybridized carbons (Fsp3) is 0.0625. The second kappa shape index (κ2) is 18.7. The number of rotatable bonds is 10.